The summed E-state index contributed by atoms with van der Waals surface area (Å²) < 4.78 is 68.6. The van der Waals surface area contributed by atoms with Crippen LogP contribution in [0, 0.1) is 0 Å². The molecule has 1 aliphatic heterocycles. The number of nitrogens with zero attached hydrogens (tertiary/aromatic N) is 3. The Kier molecular flexibility index (Phi) is 10.4. The Labute approximate surface area is 277 Å². The third-order valence-corrected chi connectivity index (χ3v) is 11.1. The molecule has 1 aromatic heterocycles. The van der Waals surface area contributed by atoms with Crippen molar-refractivity contribution in [3.63, 3.8) is 0 Å². The average molecular weight is 711 g/mol. The molecule has 9 nitrogen and oxygen atoms in total. The third kappa shape index (κ3) is 7.99. The van der Waals surface area contributed by atoms with E-state index in [9.17, 15) is 25.9 Å². The second kappa shape index (κ2) is 14.0. The van der Waals surface area contributed by atoms with Gasteiger partial charge >= 0.3 is 0 Å². The minimum atomic E-state index is -4.25. The van der Waals surface area contributed by atoms with Gasteiger partial charge in [0.05, 0.1) is 42.7 Å². The first-order chi connectivity index (χ1) is 21.4. The lowest BCUT2D eigenvalue weighted by Crippen LogP contribution is -2.36. The molecule has 0 amide bonds. The van der Waals surface area contributed by atoms with Gasteiger partial charge < -0.3 is 14.4 Å². The largest absolute Gasteiger partial charge is 0.748 e. The van der Waals surface area contributed by atoms with Crippen LogP contribution in [0.25, 0.3) is 27.1 Å². The van der Waals surface area contributed by atoms with Crippen LogP contribution >= 0.6 is 34.5 Å². The lowest BCUT2D eigenvalue weighted by atomic mass is 10.1. The van der Waals surface area contributed by atoms with Gasteiger partial charge in [0.2, 0.25) is 5.52 Å². The molecule has 1 N–H and O–H groups in total. The highest BCUT2D eigenvalue weighted by Crippen LogP contribution is 2.45. The molecule has 0 saturated heterocycles. The van der Waals surface area contributed by atoms with Gasteiger partial charge in [0.15, 0.2) is 6.54 Å². The number of hydrogen-bond acceptors (Lipinski definition) is 8. The predicted octanol–water partition coefficient (Wildman–Crippen LogP) is 6.84. The molecule has 1 aliphatic rings. The molecule has 4 aromatic rings. The number of rotatable bonds is 13. The van der Waals surface area contributed by atoms with E-state index in [4.69, 9.17) is 23.2 Å². The van der Waals surface area contributed by atoms with Crippen LogP contribution in [0.2, 0.25) is 10.0 Å². The highest BCUT2D eigenvalue weighted by atomic mass is 35.5. The van der Waals surface area contributed by atoms with Gasteiger partial charge in [-0.2, -0.15) is 13.0 Å². The van der Waals surface area contributed by atoms with Crippen LogP contribution < -0.4 is 14.4 Å². The molecule has 0 atom stereocenters. The fourth-order valence-corrected chi connectivity index (χ4v) is 8.15. The molecule has 5 rings (SSSR count). The summed E-state index contributed by atoms with van der Waals surface area (Å²) in [6, 6.07) is 15.9. The maximum atomic E-state index is 11.5. The molecule has 14 heteroatoms. The second-order valence-electron chi connectivity index (χ2n) is 10.7. The number of fused-ring (bicyclic) bond motifs is 4. The van der Waals surface area contributed by atoms with Crippen molar-refractivity contribution < 1.29 is 30.5 Å². The molecule has 45 heavy (non-hydrogen) atoms. The summed E-state index contributed by atoms with van der Waals surface area (Å²) in [5.41, 5.74) is 2.80. The van der Waals surface area contributed by atoms with Crippen LogP contribution in [0.1, 0.15) is 37.6 Å². The van der Waals surface area contributed by atoms with Crippen LogP contribution in [0.5, 0.6) is 0 Å². The maximum Gasteiger partial charge on any atom is 0.265 e. The summed E-state index contributed by atoms with van der Waals surface area (Å²) in [6.45, 7) is 3.66. The van der Waals surface area contributed by atoms with Crippen molar-refractivity contribution in [2.24, 2.45) is 0 Å². The smallest absolute Gasteiger partial charge is 0.265 e. The zero-order chi connectivity index (χ0) is 32.4. The van der Waals surface area contributed by atoms with Gasteiger partial charge in [0.25, 0.3) is 15.1 Å². The van der Waals surface area contributed by atoms with E-state index in [-0.39, 0.29) is 17.9 Å². The Bertz CT molecular complexity index is 2010. The highest BCUT2D eigenvalue weighted by molar-refractivity contribution is 7.85. The molecule has 240 valence electrons. The Balaban J connectivity index is 1.50. The number of hydrogen-bond donors (Lipinski definition) is 1. The number of allylic oxidation sites excluding steroid dienone is 2. The summed E-state index contributed by atoms with van der Waals surface area (Å²) in [5, 5.41) is 3.92. The normalized spacial score (nSPS) is 14.9. The fourth-order valence-electron chi connectivity index (χ4n) is 5.66. The van der Waals surface area contributed by atoms with Crippen LogP contribution in [-0.2, 0) is 26.8 Å². The summed E-state index contributed by atoms with van der Waals surface area (Å²) in [7, 11) is -8.34. The molecular formula is C31H33Cl2N3O6S3. The summed E-state index contributed by atoms with van der Waals surface area (Å²) >= 11 is 14.4. The molecule has 0 fully saturated rings. The van der Waals surface area contributed by atoms with E-state index in [1.165, 1.54) is 0 Å². The topological polar surface area (TPSA) is 122 Å². The molecule has 2 heterocycles. The second-order valence-corrected chi connectivity index (χ2v) is 15.7. The van der Waals surface area contributed by atoms with Gasteiger partial charge in [-0.05, 0) is 55.5 Å². The zero-order valence-corrected chi connectivity index (χ0v) is 28.5. The van der Waals surface area contributed by atoms with E-state index in [2.05, 4.69) is 32.6 Å². The van der Waals surface area contributed by atoms with E-state index in [0.29, 0.717) is 48.9 Å². The van der Waals surface area contributed by atoms with Crippen molar-refractivity contribution in [1.29, 1.82) is 0 Å². The molecule has 0 aliphatic carbocycles. The zero-order valence-electron chi connectivity index (χ0n) is 24.5. The summed E-state index contributed by atoms with van der Waals surface area (Å²) in [5.74, 6) is 0.175. The molecule has 0 unspecified atom stereocenters. The van der Waals surface area contributed by atoms with Crippen LogP contribution in [0.4, 0.5) is 11.4 Å². The van der Waals surface area contributed by atoms with Gasteiger partial charge in [-0.3, -0.25) is 4.55 Å². The molecule has 0 bridgehead atoms. The minimum Gasteiger partial charge on any atom is -0.748 e. The van der Waals surface area contributed by atoms with Gasteiger partial charge in [0, 0.05) is 31.3 Å². The van der Waals surface area contributed by atoms with Gasteiger partial charge in [0.1, 0.15) is 10.5 Å². The Morgan fingerprint density at radius 2 is 1.64 bits per heavy atom. The SMILES string of the molecule is CCN1/C(=C/C=C/c2sc3ccc4ccccc4c3[n+]2CCCS(=O)(=O)O)N(CCCCCS(=O)(=O)[O-])c2cc(Cl)c(Cl)cc21. The van der Waals surface area contributed by atoms with Gasteiger partial charge in [-0.15, -0.1) is 0 Å². The van der Waals surface area contributed by atoms with Crippen molar-refractivity contribution in [3.05, 3.63) is 81.6 Å². The summed E-state index contributed by atoms with van der Waals surface area (Å²) in [4.78, 5) is 4.25. The number of anilines is 2. The van der Waals surface area contributed by atoms with E-state index in [1.54, 1.807) is 11.3 Å². The fraction of sp³-hybridized carbons (Fsp3) is 0.323. The first-order valence-electron chi connectivity index (χ1n) is 14.5. The molecule has 0 radical (unpaired) electrons. The number of unbranched alkanes of at least 4 members (excludes halogenated alkanes) is 2. The minimum absolute atomic E-state index is 0.252. The first-order valence-corrected chi connectivity index (χ1v) is 19.3. The molecule has 3 aromatic carbocycles. The van der Waals surface area contributed by atoms with Gasteiger partial charge in [-0.1, -0.05) is 71.3 Å². The molecule has 0 saturated carbocycles. The predicted molar refractivity (Wildman–Crippen MR) is 183 cm³/mol. The van der Waals surface area contributed by atoms with Crippen LogP contribution in [0.15, 0.2) is 66.5 Å². The lowest BCUT2D eigenvalue weighted by molar-refractivity contribution is -0.667. The monoisotopic (exact) mass is 709 g/mol. The maximum absolute atomic E-state index is 11.5. The number of halogens is 2. The first kappa shape index (κ1) is 33.6. The average Bonchev–Trinajstić information content (AvgIpc) is 3.46. The number of thiazole rings is 1. The van der Waals surface area contributed by atoms with E-state index in [0.717, 1.165) is 43.2 Å². The molecule has 0 spiro atoms. The number of aromatic nitrogens is 1. The highest BCUT2D eigenvalue weighted by Gasteiger charge is 2.31. The van der Waals surface area contributed by atoms with Crippen molar-refractivity contribution in [3.8, 4) is 0 Å². The van der Waals surface area contributed by atoms with Crippen molar-refractivity contribution in [2.75, 3.05) is 34.4 Å². The Morgan fingerprint density at radius 3 is 2.33 bits per heavy atom. The molecular weight excluding hydrogens is 677 g/mol. The van der Waals surface area contributed by atoms with Crippen molar-refractivity contribution in [1.82, 2.24) is 0 Å². The standard InChI is InChI=1S/C31H33Cl2N3O6S3/c1-2-34-26-20-24(32)25(33)21-27(26)35(16-6-3-7-18-44(37,38)39)29(34)12-8-13-30-36(17-9-19-45(40,41)42)31-23-11-5-4-10-22(23)14-15-28(31)43-30/h4-5,8,10-15,20-21H,2-3,6-7,9,16-19H2,1H3,(H-,37,38,39,40,41,42). The number of aryl methyl sites for hydroxylation is 1. The van der Waals surface area contributed by atoms with Crippen molar-refractivity contribution in [2.45, 2.75) is 39.2 Å². The Morgan fingerprint density at radius 1 is 0.933 bits per heavy atom. The number of benzene rings is 3. The van der Waals surface area contributed by atoms with Gasteiger partial charge in [-0.25, -0.2) is 8.42 Å². The van der Waals surface area contributed by atoms with Crippen LogP contribution in [-0.4, -0.2) is 50.5 Å². The van der Waals surface area contributed by atoms with E-state index < -0.39 is 20.2 Å². The summed E-state index contributed by atoms with van der Waals surface area (Å²) in [6.07, 6.45) is 7.72. The van der Waals surface area contributed by atoms with E-state index in [1.807, 2.05) is 55.5 Å². The quantitative estimate of drug-likeness (QED) is 0.0910. The Hall–Kier alpha value is -2.71. The van der Waals surface area contributed by atoms with E-state index >= 15 is 0 Å². The van der Waals surface area contributed by atoms with Crippen molar-refractivity contribution >= 4 is 93.2 Å². The lowest BCUT2D eigenvalue weighted by Gasteiger charge is -2.24. The van der Waals surface area contributed by atoms with Crippen LogP contribution in [0.3, 0.4) is 0 Å². The third-order valence-electron chi connectivity index (χ3n) is 7.63.